The number of imidazole rings is 1. The Hall–Kier alpha value is -1.90. The minimum absolute atomic E-state index is 0.106. The van der Waals surface area contributed by atoms with Crippen molar-refractivity contribution in [3.05, 3.63) is 26.7 Å². The van der Waals surface area contributed by atoms with Gasteiger partial charge < -0.3 is 4.98 Å². The number of fused-ring (bicyclic) bond motifs is 1. The Morgan fingerprint density at radius 3 is 2.38 bits per heavy atom. The molecule has 0 radical (unpaired) electrons. The van der Waals surface area contributed by atoms with Crippen LogP contribution in [0.4, 0.5) is 0 Å². The zero-order valence-electron chi connectivity index (χ0n) is 12.3. The Labute approximate surface area is 121 Å². The van der Waals surface area contributed by atoms with E-state index in [1.165, 1.54) is 18.4 Å². The first-order valence-corrected chi connectivity index (χ1v) is 8.41. The molecule has 0 aliphatic carbocycles. The fraction of sp³-hybridized carbons (Fsp3) is 0.583. The molecule has 0 fully saturated rings. The standard InChI is InChI=1S/C12H18N4O4S/c1-5-6-16-8-7(9(17)15-11(16)18)13-10(14-8)12(2,3)21(4,19)20/h5-6H2,1-4H3,(H,13,14)(H,15,17,18). The SMILES string of the molecule is CCCn1c(=O)[nH]c(=O)c2[nH]c(C(C)(C)S(C)(=O)=O)nc21. The van der Waals surface area contributed by atoms with Gasteiger partial charge in [0, 0.05) is 12.8 Å². The predicted octanol–water partition coefficient (Wildman–Crippen LogP) is 0.103. The van der Waals surface area contributed by atoms with E-state index in [0.717, 1.165) is 6.26 Å². The number of nitrogens with one attached hydrogen (secondary N) is 2. The summed E-state index contributed by atoms with van der Waals surface area (Å²) in [5, 5.41) is 0. The average molecular weight is 314 g/mol. The summed E-state index contributed by atoms with van der Waals surface area (Å²) in [6.45, 7) is 5.26. The number of aromatic amines is 2. The van der Waals surface area contributed by atoms with Crippen molar-refractivity contribution in [1.82, 2.24) is 19.5 Å². The second-order valence-corrected chi connectivity index (χ2v) is 8.04. The van der Waals surface area contributed by atoms with E-state index >= 15 is 0 Å². The maximum Gasteiger partial charge on any atom is 0.330 e. The van der Waals surface area contributed by atoms with Crippen molar-refractivity contribution in [2.75, 3.05) is 6.26 Å². The van der Waals surface area contributed by atoms with Gasteiger partial charge in [0.1, 0.15) is 16.1 Å². The van der Waals surface area contributed by atoms with E-state index in [4.69, 9.17) is 0 Å². The van der Waals surface area contributed by atoms with Crippen molar-refractivity contribution in [1.29, 1.82) is 0 Å². The maximum atomic E-state index is 11.9. The average Bonchev–Trinajstić information content (AvgIpc) is 2.78. The van der Waals surface area contributed by atoms with Crippen molar-refractivity contribution < 1.29 is 8.42 Å². The molecule has 2 heterocycles. The molecule has 0 amide bonds. The maximum absolute atomic E-state index is 11.9. The molecular formula is C12H18N4O4S. The van der Waals surface area contributed by atoms with Crippen molar-refractivity contribution in [2.45, 2.75) is 38.5 Å². The summed E-state index contributed by atoms with van der Waals surface area (Å²) in [7, 11) is -3.44. The lowest BCUT2D eigenvalue weighted by Gasteiger charge is -2.19. The third-order valence-corrected chi connectivity index (χ3v) is 5.62. The van der Waals surface area contributed by atoms with Crippen LogP contribution in [0.5, 0.6) is 0 Å². The molecule has 21 heavy (non-hydrogen) atoms. The minimum Gasteiger partial charge on any atom is -0.335 e. The molecule has 0 aromatic carbocycles. The van der Waals surface area contributed by atoms with Crippen molar-refractivity contribution in [3.63, 3.8) is 0 Å². The van der Waals surface area contributed by atoms with Gasteiger partial charge in [0.15, 0.2) is 15.5 Å². The van der Waals surface area contributed by atoms with Crippen molar-refractivity contribution in [2.24, 2.45) is 0 Å². The van der Waals surface area contributed by atoms with Crippen LogP contribution in [0.2, 0.25) is 0 Å². The number of aryl methyl sites for hydroxylation is 1. The molecule has 0 spiro atoms. The predicted molar refractivity (Wildman–Crippen MR) is 79.1 cm³/mol. The highest BCUT2D eigenvalue weighted by Crippen LogP contribution is 2.27. The molecule has 0 aliphatic rings. The number of hydrogen-bond acceptors (Lipinski definition) is 5. The first-order valence-electron chi connectivity index (χ1n) is 6.52. The highest BCUT2D eigenvalue weighted by Gasteiger charge is 2.36. The Morgan fingerprint density at radius 1 is 1.24 bits per heavy atom. The van der Waals surface area contributed by atoms with Crippen LogP contribution in [0.15, 0.2) is 9.59 Å². The van der Waals surface area contributed by atoms with E-state index in [9.17, 15) is 18.0 Å². The summed E-state index contributed by atoms with van der Waals surface area (Å²) in [6.07, 6.45) is 1.78. The molecule has 9 heteroatoms. The molecule has 0 aliphatic heterocycles. The lowest BCUT2D eigenvalue weighted by atomic mass is 10.2. The van der Waals surface area contributed by atoms with Gasteiger partial charge in [-0.05, 0) is 20.3 Å². The molecule has 0 unspecified atom stereocenters. The number of hydrogen-bond donors (Lipinski definition) is 2. The summed E-state index contributed by atoms with van der Waals surface area (Å²) in [4.78, 5) is 32.8. The van der Waals surface area contributed by atoms with Crippen LogP contribution in [-0.4, -0.2) is 34.2 Å². The molecule has 0 atom stereocenters. The van der Waals surface area contributed by atoms with Crippen molar-refractivity contribution >= 4 is 21.0 Å². The van der Waals surface area contributed by atoms with Crippen LogP contribution in [0.3, 0.4) is 0 Å². The highest BCUT2D eigenvalue weighted by atomic mass is 32.2. The molecule has 0 saturated heterocycles. The number of rotatable bonds is 4. The summed E-state index contributed by atoms with van der Waals surface area (Å²) >= 11 is 0. The molecule has 2 N–H and O–H groups in total. The van der Waals surface area contributed by atoms with E-state index in [1.54, 1.807) is 0 Å². The Kier molecular flexibility index (Phi) is 3.56. The Morgan fingerprint density at radius 2 is 1.86 bits per heavy atom. The molecule has 0 saturated carbocycles. The van der Waals surface area contributed by atoms with Crippen LogP contribution in [0, 0.1) is 0 Å². The molecule has 2 aromatic rings. The zero-order valence-corrected chi connectivity index (χ0v) is 13.2. The van der Waals surface area contributed by atoms with Gasteiger partial charge >= 0.3 is 5.69 Å². The zero-order chi connectivity index (χ0) is 16.0. The lowest BCUT2D eigenvalue weighted by molar-refractivity contribution is 0.552. The number of H-pyrrole nitrogens is 2. The van der Waals surface area contributed by atoms with Gasteiger partial charge in [-0.15, -0.1) is 0 Å². The highest BCUT2D eigenvalue weighted by molar-refractivity contribution is 7.91. The molecule has 8 nitrogen and oxygen atoms in total. The van der Waals surface area contributed by atoms with E-state index in [-0.39, 0.29) is 17.0 Å². The largest absolute Gasteiger partial charge is 0.335 e. The molecule has 0 bridgehead atoms. The van der Waals surface area contributed by atoms with E-state index in [2.05, 4.69) is 15.0 Å². The van der Waals surface area contributed by atoms with Gasteiger partial charge in [-0.3, -0.25) is 14.3 Å². The molecule has 116 valence electrons. The van der Waals surface area contributed by atoms with Gasteiger partial charge in [0.25, 0.3) is 5.56 Å². The van der Waals surface area contributed by atoms with Gasteiger partial charge in [-0.1, -0.05) is 6.92 Å². The number of aromatic nitrogens is 4. The van der Waals surface area contributed by atoms with Crippen LogP contribution < -0.4 is 11.2 Å². The normalized spacial score (nSPS) is 13.0. The fourth-order valence-corrected chi connectivity index (χ4v) is 2.38. The fourth-order valence-electron chi connectivity index (χ4n) is 1.93. The summed E-state index contributed by atoms with van der Waals surface area (Å²) < 4.78 is 23.8. The second-order valence-electron chi connectivity index (χ2n) is 5.48. The Balaban J connectivity index is 2.84. The third kappa shape index (κ3) is 2.41. The molecule has 2 aromatic heterocycles. The monoisotopic (exact) mass is 314 g/mol. The van der Waals surface area contributed by atoms with Crippen LogP contribution in [0.25, 0.3) is 11.2 Å². The quantitative estimate of drug-likeness (QED) is 0.830. The summed E-state index contributed by atoms with van der Waals surface area (Å²) in [5.41, 5.74) is -0.873. The van der Waals surface area contributed by atoms with Gasteiger partial charge in [-0.2, -0.15) is 0 Å². The van der Waals surface area contributed by atoms with E-state index in [0.29, 0.717) is 13.0 Å². The van der Waals surface area contributed by atoms with Crippen LogP contribution in [-0.2, 0) is 21.1 Å². The van der Waals surface area contributed by atoms with Crippen LogP contribution in [0.1, 0.15) is 33.0 Å². The Bertz CT molecular complexity index is 901. The van der Waals surface area contributed by atoms with Gasteiger partial charge in [0.05, 0.1) is 0 Å². The minimum atomic E-state index is -3.44. The number of sulfone groups is 1. The number of nitrogens with zero attached hydrogens (tertiary/aromatic N) is 2. The van der Waals surface area contributed by atoms with E-state index in [1.807, 2.05) is 6.92 Å². The van der Waals surface area contributed by atoms with Crippen molar-refractivity contribution in [3.8, 4) is 0 Å². The second kappa shape index (κ2) is 4.83. The van der Waals surface area contributed by atoms with Gasteiger partial charge in [0.2, 0.25) is 0 Å². The summed E-state index contributed by atoms with van der Waals surface area (Å²) in [6, 6.07) is 0. The first-order chi connectivity index (χ1) is 9.59. The lowest BCUT2D eigenvalue weighted by Crippen LogP contribution is -2.30. The van der Waals surface area contributed by atoms with Crippen LogP contribution >= 0.6 is 0 Å². The van der Waals surface area contributed by atoms with Gasteiger partial charge in [-0.25, -0.2) is 18.2 Å². The topological polar surface area (TPSA) is 118 Å². The summed E-state index contributed by atoms with van der Waals surface area (Å²) in [5.74, 6) is 0.140. The van der Waals surface area contributed by atoms with E-state index < -0.39 is 25.8 Å². The first kappa shape index (κ1) is 15.5. The smallest absolute Gasteiger partial charge is 0.330 e. The molecule has 2 rings (SSSR count). The third-order valence-electron chi connectivity index (χ3n) is 3.58. The molecular weight excluding hydrogens is 296 g/mol.